The maximum absolute atomic E-state index is 11.5. The summed E-state index contributed by atoms with van der Waals surface area (Å²) in [5.41, 5.74) is -0.0154. The van der Waals surface area contributed by atoms with Crippen molar-refractivity contribution in [1.29, 1.82) is 0 Å². The van der Waals surface area contributed by atoms with Crippen molar-refractivity contribution < 1.29 is 9.59 Å². The molecule has 86 valence electrons. The summed E-state index contributed by atoms with van der Waals surface area (Å²) in [6.45, 7) is 9.61. The van der Waals surface area contributed by atoms with E-state index in [4.69, 9.17) is 0 Å². The van der Waals surface area contributed by atoms with Gasteiger partial charge in [-0.2, -0.15) is 0 Å². The number of unbranched alkanes of at least 4 members (excludes halogenated alkanes) is 1. The SMILES string of the molecule is C=CCCCC(=O)CC(=O)CC(C)(C)C. The summed E-state index contributed by atoms with van der Waals surface area (Å²) in [6, 6.07) is 0. The molecule has 0 aromatic heterocycles. The molecule has 0 saturated heterocycles. The van der Waals surface area contributed by atoms with E-state index in [2.05, 4.69) is 6.58 Å². The Morgan fingerprint density at radius 2 is 1.80 bits per heavy atom. The smallest absolute Gasteiger partial charge is 0.140 e. The van der Waals surface area contributed by atoms with Crippen LogP contribution in [0.15, 0.2) is 12.7 Å². The van der Waals surface area contributed by atoms with Crippen molar-refractivity contribution in [3.63, 3.8) is 0 Å². The number of allylic oxidation sites excluding steroid dienone is 1. The monoisotopic (exact) mass is 210 g/mol. The number of carbonyl (C=O) groups is 2. The molecule has 0 spiro atoms. The van der Waals surface area contributed by atoms with Crippen LogP contribution >= 0.6 is 0 Å². The third-order valence-electron chi connectivity index (χ3n) is 1.99. The highest BCUT2D eigenvalue weighted by atomic mass is 16.1. The van der Waals surface area contributed by atoms with Gasteiger partial charge in [-0.1, -0.05) is 26.8 Å². The number of hydrogen-bond acceptors (Lipinski definition) is 2. The first kappa shape index (κ1) is 14.1. The normalized spacial score (nSPS) is 11.1. The van der Waals surface area contributed by atoms with Crippen molar-refractivity contribution in [2.75, 3.05) is 0 Å². The van der Waals surface area contributed by atoms with Gasteiger partial charge in [0.2, 0.25) is 0 Å². The quantitative estimate of drug-likeness (QED) is 0.367. The molecule has 0 rings (SSSR count). The summed E-state index contributed by atoms with van der Waals surface area (Å²) in [5.74, 6) is 0.122. The molecule has 2 heteroatoms. The Balaban J connectivity index is 3.77. The van der Waals surface area contributed by atoms with Crippen molar-refractivity contribution >= 4 is 11.6 Å². The van der Waals surface area contributed by atoms with Gasteiger partial charge >= 0.3 is 0 Å². The molecular formula is C13H22O2. The highest BCUT2D eigenvalue weighted by Gasteiger charge is 2.17. The molecule has 0 aliphatic rings. The average molecular weight is 210 g/mol. The summed E-state index contributed by atoms with van der Waals surface area (Å²) in [6.07, 6.45) is 4.55. The summed E-state index contributed by atoms with van der Waals surface area (Å²) in [7, 11) is 0. The van der Waals surface area contributed by atoms with Gasteiger partial charge in [-0.05, 0) is 18.3 Å². The van der Waals surface area contributed by atoms with E-state index in [9.17, 15) is 9.59 Å². The second kappa shape index (κ2) is 6.54. The van der Waals surface area contributed by atoms with Crippen LogP contribution in [-0.2, 0) is 9.59 Å². The first-order valence-corrected chi connectivity index (χ1v) is 5.49. The number of carbonyl (C=O) groups excluding carboxylic acids is 2. The van der Waals surface area contributed by atoms with Crippen LogP contribution in [0.2, 0.25) is 0 Å². The maximum atomic E-state index is 11.5. The highest BCUT2D eigenvalue weighted by molar-refractivity contribution is 5.99. The minimum Gasteiger partial charge on any atom is -0.299 e. The van der Waals surface area contributed by atoms with Gasteiger partial charge in [0.05, 0.1) is 6.42 Å². The Labute approximate surface area is 92.8 Å². The van der Waals surface area contributed by atoms with Crippen LogP contribution in [0.5, 0.6) is 0 Å². The van der Waals surface area contributed by atoms with Gasteiger partial charge in [0.15, 0.2) is 0 Å². The standard InChI is InChI=1S/C13H22O2/c1-5-6-7-8-11(14)9-12(15)10-13(2,3)4/h5H,1,6-10H2,2-4H3. The van der Waals surface area contributed by atoms with Gasteiger partial charge in [0.25, 0.3) is 0 Å². The van der Waals surface area contributed by atoms with Gasteiger partial charge in [0, 0.05) is 12.8 Å². The predicted molar refractivity (Wildman–Crippen MR) is 62.8 cm³/mol. The molecule has 0 aliphatic carbocycles. The van der Waals surface area contributed by atoms with Gasteiger partial charge in [-0.15, -0.1) is 6.58 Å². The van der Waals surface area contributed by atoms with E-state index in [0.29, 0.717) is 12.8 Å². The first-order chi connectivity index (χ1) is 6.85. The fourth-order valence-electron chi connectivity index (χ4n) is 1.41. The van der Waals surface area contributed by atoms with Crippen LogP contribution in [-0.4, -0.2) is 11.6 Å². The van der Waals surface area contributed by atoms with Crippen LogP contribution in [0, 0.1) is 5.41 Å². The molecule has 2 nitrogen and oxygen atoms in total. The number of rotatable bonds is 7. The highest BCUT2D eigenvalue weighted by Crippen LogP contribution is 2.19. The summed E-state index contributed by atoms with van der Waals surface area (Å²) >= 11 is 0. The number of hydrogen-bond donors (Lipinski definition) is 0. The zero-order chi connectivity index (χ0) is 11.9. The van der Waals surface area contributed by atoms with Crippen LogP contribution in [0.1, 0.15) is 52.9 Å². The molecule has 15 heavy (non-hydrogen) atoms. The number of Topliss-reactive ketones (excluding diaryl/α,β-unsaturated/α-hetero) is 2. The van der Waals surface area contributed by atoms with Crippen LogP contribution in [0.3, 0.4) is 0 Å². The summed E-state index contributed by atoms with van der Waals surface area (Å²) in [5, 5.41) is 0. The van der Waals surface area contributed by atoms with E-state index in [1.165, 1.54) is 0 Å². The van der Waals surface area contributed by atoms with Crippen molar-refractivity contribution in [3.8, 4) is 0 Å². The predicted octanol–water partition coefficient (Wildman–Crippen LogP) is 3.31. The van der Waals surface area contributed by atoms with E-state index in [-0.39, 0.29) is 23.4 Å². The van der Waals surface area contributed by atoms with Crippen molar-refractivity contribution in [1.82, 2.24) is 0 Å². The molecule has 0 aliphatic heterocycles. The largest absolute Gasteiger partial charge is 0.299 e. The Kier molecular flexibility index (Phi) is 6.14. The maximum Gasteiger partial charge on any atom is 0.140 e. The molecule has 0 amide bonds. The van der Waals surface area contributed by atoms with Gasteiger partial charge in [-0.3, -0.25) is 9.59 Å². The van der Waals surface area contributed by atoms with E-state index < -0.39 is 0 Å². The second-order valence-electron chi connectivity index (χ2n) is 5.17. The van der Waals surface area contributed by atoms with Crippen LogP contribution in [0.4, 0.5) is 0 Å². The van der Waals surface area contributed by atoms with Crippen molar-refractivity contribution in [2.24, 2.45) is 5.41 Å². The minimum absolute atomic E-state index is 0.0154. The first-order valence-electron chi connectivity index (χ1n) is 5.49. The van der Waals surface area contributed by atoms with Crippen LogP contribution < -0.4 is 0 Å². The van der Waals surface area contributed by atoms with E-state index in [0.717, 1.165) is 12.8 Å². The lowest BCUT2D eigenvalue weighted by molar-refractivity contribution is -0.127. The molecule has 0 heterocycles. The molecule has 0 aromatic carbocycles. The molecule has 0 saturated carbocycles. The van der Waals surface area contributed by atoms with Gasteiger partial charge in [0.1, 0.15) is 11.6 Å². The van der Waals surface area contributed by atoms with Crippen LogP contribution in [0.25, 0.3) is 0 Å². The molecule has 0 radical (unpaired) electrons. The topological polar surface area (TPSA) is 34.1 Å². The number of ketones is 2. The van der Waals surface area contributed by atoms with Gasteiger partial charge in [-0.25, -0.2) is 0 Å². The van der Waals surface area contributed by atoms with Gasteiger partial charge < -0.3 is 0 Å². The summed E-state index contributed by atoms with van der Waals surface area (Å²) < 4.78 is 0. The van der Waals surface area contributed by atoms with E-state index in [1.807, 2.05) is 20.8 Å². The molecule has 0 aromatic rings. The Morgan fingerprint density at radius 3 is 2.27 bits per heavy atom. The lowest BCUT2D eigenvalue weighted by atomic mass is 9.88. The lowest BCUT2D eigenvalue weighted by Gasteiger charge is -2.16. The van der Waals surface area contributed by atoms with Crippen molar-refractivity contribution in [2.45, 2.75) is 52.9 Å². The summed E-state index contributed by atoms with van der Waals surface area (Å²) in [4.78, 5) is 22.8. The van der Waals surface area contributed by atoms with E-state index >= 15 is 0 Å². The Morgan fingerprint density at radius 1 is 1.20 bits per heavy atom. The third-order valence-corrected chi connectivity index (χ3v) is 1.99. The molecule has 0 fully saturated rings. The minimum atomic E-state index is -0.0154. The molecule has 0 unspecified atom stereocenters. The zero-order valence-electron chi connectivity index (χ0n) is 10.1. The van der Waals surface area contributed by atoms with Crippen molar-refractivity contribution in [3.05, 3.63) is 12.7 Å². The Bertz CT molecular complexity index is 233. The molecule has 0 N–H and O–H groups in total. The van der Waals surface area contributed by atoms with E-state index in [1.54, 1.807) is 6.08 Å². The molecular weight excluding hydrogens is 188 g/mol. The molecule has 0 atom stereocenters. The average Bonchev–Trinajstić information content (AvgIpc) is 2.00. The lowest BCUT2D eigenvalue weighted by Crippen LogP contribution is -2.15. The molecule has 0 bridgehead atoms. The fourth-order valence-corrected chi connectivity index (χ4v) is 1.41. The fraction of sp³-hybridized carbons (Fsp3) is 0.692. The second-order valence-corrected chi connectivity index (χ2v) is 5.17. The third kappa shape index (κ3) is 9.39. The Hall–Kier alpha value is -0.920. The zero-order valence-corrected chi connectivity index (χ0v) is 10.1.